The van der Waals surface area contributed by atoms with Gasteiger partial charge < -0.3 is 15.5 Å². The molecule has 0 aliphatic carbocycles. The fraction of sp³-hybridized carbons (Fsp3) is 0.892. The second-order valence-corrected chi connectivity index (χ2v) is 21.8. The lowest BCUT2D eigenvalue weighted by atomic mass is 10.0. The average Bonchev–Trinajstić information content (AvgIpc) is 3.35. The van der Waals surface area contributed by atoms with Crippen molar-refractivity contribution in [2.24, 2.45) is 0 Å². The third-order valence-electron chi connectivity index (χ3n) is 14.9. The third-order valence-corrected chi connectivity index (χ3v) is 14.9. The van der Waals surface area contributed by atoms with E-state index >= 15 is 0 Å². The minimum atomic E-state index is -0.839. The summed E-state index contributed by atoms with van der Waals surface area (Å²) in [4.78, 5) is 12.5. The number of rotatable bonds is 59. The Morgan fingerprint density at radius 3 is 0.870 bits per heavy atom. The molecule has 0 bridgehead atoms. The summed E-state index contributed by atoms with van der Waals surface area (Å²) in [6.07, 6.45) is 83.4. The molecule has 0 aromatic carbocycles. The lowest BCUT2D eigenvalue weighted by Crippen LogP contribution is -2.45. The van der Waals surface area contributed by atoms with Gasteiger partial charge in [-0.05, 0) is 51.4 Å². The van der Waals surface area contributed by atoms with Crippen LogP contribution >= 0.6 is 0 Å². The Balaban J connectivity index is 3.44. The number of amides is 1. The van der Waals surface area contributed by atoms with Crippen LogP contribution in [0, 0.1) is 0 Å². The van der Waals surface area contributed by atoms with Gasteiger partial charge in [0.1, 0.15) is 0 Å². The molecule has 0 aliphatic rings. The van der Waals surface area contributed by atoms with Crippen LogP contribution in [0.25, 0.3) is 0 Å². The van der Waals surface area contributed by atoms with Gasteiger partial charge in [-0.2, -0.15) is 0 Å². The highest BCUT2D eigenvalue weighted by Gasteiger charge is 2.18. The Kier molecular flexibility index (Phi) is 59.7. The Morgan fingerprint density at radius 1 is 0.348 bits per heavy atom. The molecule has 0 aliphatic heterocycles. The second kappa shape index (κ2) is 60.9. The molecular weight excluding hydrogens is 843 g/mol. The lowest BCUT2D eigenvalue weighted by Gasteiger charge is -2.20. The Bertz CT molecular complexity index is 1050. The smallest absolute Gasteiger partial charge is 0.220 e. The maximum absolute atomic E-state index is 12.5. The van der Waals surface area contributed by atoms with Gasteiger partial charge in [-0.1, -0.05) is 333 Å². The van der Waals surface area contributed by atoms with Crippen LogP contribution in [0.15, 0.2) is 36.5 Å². The van der Waals surface area contributed by atoms with E-state index in [1.807, 2.05) is 6.08 Å². The number of allylic oxidation sites excluding steroid dienone is 5. The van der Waals surface area contributed by atoms with Crippen molar-refractivity contribution in [2.45, 2.75) is 366 Å². The largest absolute Gasteiger partial charge is 0.394 e. The molecule has 3 N–H and O–H groups in total. The predicted molar refractivity (Wildman–Crippen MR) is 308 cm³/mol. The fourth-order valence-electron chi connectivity index (χ4n) is 10.0. The normalized spacial score (nSPS) is 12.9. The van der Waals surface area contributed by atoms with Gasteiger partial charge in [0.2, 0.25) is 5.91 Å². The van der Waals surface area contributed by atoms with Crippen molar-refractivity contribution in [1.82, 2.24) is 5.32 Å². The first-order valence-corrected chi connectivity index (χ1v) is 31.7. The van der Waals surface area contributed by atoms with E-state index in [4.69, 9.17) is 0 Å². The summed E-state index contributed by atoms with van der Waals surface area (Å²) in [7, 11) is 0. The van der Waals surface area contributed by atoms with Gasteiger partial charge in [0.15, 0.2) is 0 Å². The maximum Gasteiger partial charge on any atom is 0.220 e. The topological polar surface area (TPSA) is 69.6 Å². The quantitative estimate of drug-likeness (QED) is 0.0420. The number of aliphatic hydroxyl groups is 2. The number of carbonyl (C=O) groups excluding carboxylic acids is 1. The van der Waals surface area contributed by atoms with E-state index in [1.165, 1.54) is 302 Å². The Hall–Kier alpha value is -1.39. The van der Waals surface area contributed by atoms with Crippen LogP contribution in [0.3, 0.4) is 0 Å². The van der Waals surface area contributed by atoms with Crippen molar-refractivity contribution < 1.29 is 15.0 Å². The highest BCUT2D eigenvalue weighted by atomic mass is 16.3. The van der Waals surface area contributed by atoms with Gasteiger partial charge in [-0.15, -0.1) is 0 Å². The predicted octanol–water partition coefficient (Wildman–Crippen LogP) is 21.2. The van der Waals surface area contributed by atoms with Crippen molar-refractivity contribution in [3.05, 3.63) is 36.5 Å². The van der Waals surface area contributed by atoms with E-state index in [0.29, 0.717) is 6.42 Å². The number of hydrogen-bond donors (Lipinski definition) is 3. The second-order valence-electron chi connectivity index (χ2n) is 21.8. The molecule has 4 nitrogen and oxygen atoms in total. The van der Waals surface area contributed by atoms with E-state index < -0.39 is 12.1 Å². The SMILES string of the molecule is CCCCCCCCCCCCC/C=C\C/C=C\CCCCCCCCCCCCCCCCCCCC(=O)NC(CO)C(O)/C=C/CCCCCCCCCCCCCCCCCCCCCC. The first kappa shape index (κ1) is 67.6. The van der Waals surface area contributed by atoms with Crippen molar-refractivity contribution in [2.75, 3.05) is 6.61 Å². The van der Waals surface area contributed by atoms with Gasteiger partial charge in [0.05, 0.1) is 18.8 Å². The molecule has 0 fully saturated rings. The molecule has 1 amide bonds. The first-order valence-electron chi connectivity index (χ1n) is 31.7. The van der Waals surface area contributed by atoms with Gasteiger partial charge in [-0.25, -0.2) is 0 Å². The Labute approximate surface area is 433 Å². The molecule has 0 rings (SSSR count). The average molecular weight is 969 g/mol. The van der Waals surface area contributed by atoms with E-state index in [9.17, 15) is 15.0 Å². The van der Waals surface area contributed by atoms with Gasteiger partial charge in [0, 0.05) is 6.42 Å². The highest BCUT2D eigenvalue weighted by molar-refractivity contribution is 5.76. The molecular formula is C65H125NO3. The summed E-state index contributed by atoms with van der Waals surface area (Å²) in [5.74, 6) is -0.0579. The maximum atomic E-state index is 12.5. The van der Waals surface area contributed by atoms with Crippen LogP contribution in [0.2, 0.25) is 0 Å². The van der Waals surface area contributed by atoms with Crippen LogP contribution in [-0.2, 0) is 4.79 Å². The minimum absolute atomic E-state index is 0.0579. The summed E-state index contributed by atoms with van der Waals surface area (Å²) in [5, 5.41) is 23.2. The number of nitrogens with one attached hydrogen (secondary N) is 1. The van der Waals surface area contributed by atoms with E-state index in [2.05, 4.69) is 43.5 Å². The molecule has 2 unspecified atom stereocenters. The van der Waals surface area contributed by atoms with Crippen molar-refractivity contribution in [3.63, 3.8) is 0 Å². The van der Waals surface area contributed by atoms with Gasteiger partial charge in [0.25, 0.3) is 0 Å². The zero-order valence-electron chi connectivity index (χ0n) is 47.1. The van der Waals surface area contributed by atoms with E-state index in [1.54, 1.807) is 6.08 Å². The molecule has 0 spiro atoms. The van der Waals surface area contributed by atoms with Gasteiger partial charge in [-0.3, -0.25) is 4.79 Å². The third kappa shape index (κ3) is 57.4. The monoisotopic (exact) mass is 968 g/mol. The lowest BCUT2D eigenvalue weighted by molar-refractivity contribution is -0.123. The molecule has 2 atom stereocenters. The fourth-order valence-corrected chi connectivity index (χ4v) is 10.0. The summed E-state index contributed by atoms with van der Waals surface area (Å²) in [6, 6.07) is -0.622. The summed E-state index contributed by atoms with van der Waals surface area (Å²) in [5.41, 5.74) is 0. The zero-order chi connectivity index (χ0) is 49.9. The Morgan fingerprint density at radius 2 is 0.594 bits per heavy atom. The van der Waals surface area contributed by atoms with Crippen molar-refractivity contribution >= 4 is 5.91 Å². The highest BCUT2D eigenvalue weighted by Crippen LogP contribution is 2.18. The van der Waals surface area contributed by atoms with Crippen LogP contribution in [-0.4, -0.2) is 34.9 Å². The molecule has 0 saturated carbocycles. The molecule has 0 aromatic heterocycles. The molecule has 69 heavy (non-hydrogen) atoms. The minimum Gasteiger partial charge on any atom is -0.394 e. The number of unbranched alkanes of at least 4 members (excludes halogenated alkanes) is 48. The molecule has 0 aromatic rings. The molecule has 0 radical (unpaired) electrons. The summed E-state index contributed by atoms with van der Waals surface area (Å²) >= 11 is 0. The standard InChI is InChI=1S/C65H125NO3/c1-3-5-7-9-11-13-15-17-19-21-23-25-27-28-29-30-31-32-33-34-35-36-37-38-39-41-43-45-47-49-51-53-55-57-59-61-65(69)66-63(62-67)64(68)60-58-56-54-52-50-48-46-44-42-40-26-24-22-20-18-16-14-12-10-8-6-4-2/h27-28,30-31,58,60,63-64,67-68H,3-26,29,32-57,59,61-62H2,1-2H3,(H,66,69)/b28-27-,31-30-,60-58+. The van der Waals surface area contributed by atoms with Crippen molar-refractivity contribution in [3.8, 4) is 0 Å². The zero-order valence-corrected chi connectivity index (χ0v) is 47.1. The van der Waals surface area contributed by atoms with Crippen molar-refractivity contribution in [1.29, 1.82) is 0 Å². The summed E-state index contributed by atoms with van der Waals surface area (Å²) in [6.45, 7) is 4.35. The first-order chi connectivity index (χ1) is 34.2. The van der Waals surface area contributed by atoms with Crippen LogP contribution in [0.5, 0.6) is 0 Å². The van der Waals surface area contributed by atoms with Crippen LogP contribution < -0.4 is 5.32 Å². The van der Waals surface area contributed by atoms with Gasteiger partial charge >= 0.3 is 0 Å². The number of hydrogen-bond acceptors (Lipinski definition) is 3. The molecule has 408 valence electrons. The van der Waals surface area contributed by atoms with Crippen LogP contribution in [0.1, 0.15) is 354 Å². The number of aliphatic hydroxyl groups excluding tert-OH is 2. The molecule has 0 heterocycles. The van der Waals surface area contributed by atoms with Crippen LogP contribution in [0.4, 0.5) is 0 Å². The van der Waals surface area contributed by atoms with E-state index in [-0.39, 0.29) is 12.5 Å². The summed E-state index contributed by atoms with van der Waals surface area (Å²) < 4.78 is 0. The molecule has 0 saturated heterocycles. The number of carbonyl (C=O) groups is 1. The molecule has 4 heteroatoms. The van der Waals surface area contributed by atoms with E-state index in [0.717, 1.165) is 32.1 Å².